The molecule has 2 aromatic rings. The van der Waals surface area contributed by atoms with Crippen LogP contribution in [-0.2, 0) is 20.9 Å². The van der Waals surface area contributed by atoms with Gasteiger partial charge < -0.3 is 14.2 Å². The zero-order chi connectivity index (χ0) is 24.1. The first-order chi connectivity index (χ1) is 15.2. The molecule has 0 saturated carbocycles. The number of rotatable bonds is 9. The molecule has 0 aliphatic carbocycles. The van der Waals surface area contributed by atoms with Crippen LogP contribution in [0.4, 0.5) is 0 Å². The number of H-pyrrole nitrogens is 1. The molecular formula is C20H28N6O5Si. The summed E-state index contributed by atoms with van der Waals surface area (Å²) < 4.78 is 16.5. The van der Waals surface area contributed by atoms with Crippen molar-refractivity contribution in [1.82, 2.24) is 20.0 Å². The predicted octanol–water partition coefficient (Wildman–Crippen LogP) is 2.70. The fourth-order valence-electron chi connectivity index (χ4n) is 2.20. The lowest BCUT2D eigenvalue weighted by Crippen LogP contribution is -2.22. The van der Waals surface area contributed by atoms with Gasteiger partial charge >= 0.3 is 11.9 Å². The Morgan fingerprint density at radius 2 is 1.72 bits per heavy atom. The van der Waals surface area contributed by atoms with Gasteiger partial charge in [0.05, 0.1) is 19.4 Å². The van der Waals surface area contributed by atoms with Crippen LogP contribution in [0.25, 0.3) is 0 Å². The fourth-order valence-corrected chi connectivity index (χ4v) is 2.96. The number of nitrogens with one attached hydrogen (secondary N) is 1. The molecule has 0 radical (unpaired) electrons. The van der Waals surface area contributed by atoms with Crippen molar-refractivity contribution in [3.8, 4) is 12.1 Å². The van der Waals surface area contributed by atoms with Gasteiger partial charge in [-0.05, 0) is 19.9 Å². The first kappa shape index (κ1) is 26.6. The lowest BCUT2D eigenvalue weighted by Gasteiger charge is -2.15. The van der Waals surface area contributed by atoms with Crippen LogP contribution in [0.3, 0.4) is 0 Å². The Hall–Kier alpha value is -3.48. The van der Waals surface area contributed by atoms with Crippen molar-refractivity contribution < 1.29 is 23.8 Å². The first-order valence-electron chi connectivity index (χ1n) is 9.99. The van der Waals surface area contributed by atoms with E-state index in [1.54, 1.807) is 19.9 Å². The molecular weight excluding hydrogens is 432 g/mol. The maximum Gasteiger partial charge on any atom is 0.342 e. The lowest BCUT2D eigenvalue weighted by atomic mass is 10.3. The Kier molecular flexibility index (Phi) is 10.8. The molecule has 32 heavy (non-hydrogen) atoms. The molecule has 1 N–H and O–H groups in total. The van der Waals surface area contributed by atoms with Crippen LogP contribution in [0.1, 0.15) is 46.0 Å². The van der Waals surface area contributed by atoms with E-state index in [1.165, 1.54) is 17.1 Å². The average molecular weight is 461 g/mol. The van der Waals surface area contributed by atoms with Gasteiger partial charge in [-0.2, -0.15) is 20.7 Å². The summed E-state index contributed by atoms with van der Waals surface area (Å²) in [7, 11) is -1.12. The number of aromatic nitrogens is 4. The number of hydrogen-bond acceptors (Lipinski definition) is 9. The largest absolute Gasteiger partial charge is 0.462 e. The van der Waals surface area contributed by atoms with E-state index in [0.29, 0.717) is 6.61 Å². The van der Waals surface area contributed by atoms with Crippen molar-refractivity contribution in [3.63, 3.8) is 0 Å². The van der Waals surface area contributed by atoms with Gasteiger partial charge in [-0.25, -0.2) is 14.3 Å². The van der Waals surface area contributed by atoms with Crippen molar-refractivity contribution in [3.05, 3.63) is 34.9 Å². The van der Waals surface area contributed by atoms with E-state index in [4.69, 9.17) is 20.0 Å². The van der Waals surface area contributed by atoms with E-state index < -0.39 is 20.0 Å². The number of nitrogens with zero attached hydrogens (tertiary/aromatic N) is 5. The maximum atomic E-state index is 11.6. The molecule has 2 aromatic heterocycles. The van der Waals surface area contributed by atoms with Gasteiger partial charge in [0.1, 0.15) is 35.7 Å². The summed E-state index contributed by atoms with van der Waals surface area (Å²) in [6.07, 6.45) is 2.77. The smallest absolute Gasteiger partial charge is 0.342 e. The second kappa shape index (κ2) is 13.0. The monoisotopic (exact) mass is 460 g/mol. The normalized spacial score (nSPS) is 10.3. The number of ether oxygens (including phenoxy) is 3. The topological polar surface area (TPSA) is 156 Å². The van der Waals surface area contributed by atoms with E-state index in [-0.39, 0.29) is 42.5 Å². The standard InChI is InChI=1S/C13H21N3O3Si.C7H7N3O2/c1-5-19-13(17)11-9-16(15-12(11)8-14)10-18-6-7-20(2,3)4;1-2-12-7(11)5-4-9-10-6(5)3-8/h9H,5-7,10H2,1-4H3;4H,2H2,1H3,(H,9,10). The zero-order valence-corrected chi connectivity index (χ0v) is 20.0. The maximum absolute atomic E-state index is 11.6. The molecule has 11 nitrogen and oxygen atoms in total. The van der Waals surface area contributed by atoms with Crippen molar-refractivity contribution in [1.29, 1.82) is 10.5 Å². The summed E-state index contributed by atoms with van der Waals surface area (Å²) in [5.74, 6) is -1.06. The molecule has 0 spiro atoms. The van der Waals surface area contributed by atoms with Crippen LogP contribution in [-0.4, -0.2) is 59.8 Å². The summed E-state index contributed by atoms with van der Waals surface area (Å²) in [6, 6.07) is 4.74. The number of aromatic amines is 1. The Morgan fingerprint density at radius 3 is 2.25 bits per heavy atom. The van der Waals surface area contributed by atoms with Crippen molar-refractivity contribution in [2.75, 3.05) is 19.8 Å². The third-order valence-electron chi connectivity index (χ3n) is 3.83. The predicted molar refractivity (Wildman–Crippen MR) is 116 cm³/mol. The molecule has 0 fully saturated rings. The lowest BCUT2D eigenvalue weighted by molar-refractivity contribution is 0.0515. The summed E-state index contributed by atoms with van der Waals surface area (Å²) in [5, 5.41) is 27.4. The second-order valence-corrected chi connectivity index (χ2v) is 13.2. The molecule has 172 valence electrons. The minimum absolute atomic E-state index is 0.0669. The third-order valence-corrected chi connectivity index (χ3v) is 5.53. The SMILES string of the molecule is CCOC(=O)c1cn(COCC[Si](C)(C)C)nc1C#N.CCOC(=O)c1cn[nH]c1C#N. The Balaban J connectivity index is 0.000000363. The molecule has 0 bridgehead atoms. The van der Waals surface area contributed by atoms with Crippen LogP contribution >= 0.6 is 0 Å². The highest BCUT2D eigenvalue weighted by Crippen LogP contribution is 2.10. The van der Waals surface area contributed by atoms with Crippen molar-refractivity contribution in [2.24, 2.45) is 0 Å². The number of carbonyl (C=O) groups is 2. The summed E-state index contributed by atoms with van der Waals surface area (Å²) in [5.41, 5.74) is 0.563. The first-order valence-corrected chi connectivity index (χ1v) is 13.7. The van der Waals surface area contributed by atoms with E-state index in [9.17, 15) is 9.59 Å². The van der Waals surface area contributed by atoms with Crippen LogP contribution in [0.5, 0.6) is 0 Å². The van der Waals surface area contributed by atoms with Gasteiger partial charge in [0, 0.05) is 20.9 Å². The highest BCUT2D eigenvalue weighted by Gasteiger charge is 2.18. The molecule has 0 aromatic carbocycles. The molecule has 0 aliphatic rings. The van der Waals surface area contributed by atoms with E-state index >= 15 is 0 Å². The van der Waals surface area contributed by atoms with Crippen LogP contribution in [0.15, 0.2) is 12.4 Å². The van der Waals surface area contributed by atoms with E-state index in [2.05, 4.69) is 39.7 Å². The molecule has 0 aliphatic heterocycles. The number of hydrogen-bond donors (Lipinski definition) is 1. The van der Waals surface area contributed by atoms with Gasteiger partial charge in [0.25, 0.3) is 0 Å². The highest BCUT2D eigenvalue weighted by molar-refractivity contribution is 6.76. The zero-order valence-electron chi connectivity index (χ0n) is 19.0. The summed E-state index contributed by atoms with van der Waals surface area (Å²) in [6.45, 7) is 11.7. The van der Waals surface area contributed by atoms with Crippen molar-refractivity contribution in [2.45, 2.75) is 46.3 Å². The Morgan fingerprint density at radius 1 is 1.09 bits per heavy atom. The number of nitriles is 2. The van der Waals surface area contributed by atoms with Gasteiger partial charge in [0.15, 0.2) is 5.69 Å². The van der Waals surface area contributed by atoms with Crippen LogP contribution in [0, 0.1) is 22.7 Å². The molecule has 2 rings (SSSR count). The molecule has 0 amide bonds. The number of carbonyl (C=O) groups excluding carboxylic acids is 2. The van der Waals surface area contributed by atoms with Crippen LogP contribution < -0.4 is 0 Å². The summed E-state index contributed by atoms with van der Waals surface area (Å²) >= 11 is 0. The third kappa shape index (κ3) is 8.71. The van der Waals surface area contributed by atoms with E-state index in [1.807, 2.05) is 6.07 Å². The molecule has 2 heterocycles. The molecule has 0 saturated heterocycles. The van der Waals surface area contributed by atoms with Gasteiger partial charge in [-0.3, -0.25) is 5.10 Å². The Bertz CT molecular complexity index is 980. The quantitative estimate of drug-likeness (QED) is 0.337. The fraction of sp³-hybridized carbons (Fsp3) is 0.500. The van der Waals surface area contributed by atoms with Gasteiger partial charge in [0.2, 0.25) is 0 Å². The summed E-state index contributed by atoms with van der Waals surface area (Å²) in [4.78, 5) is 22.7. The minimum Gasteiger partial charge on any atom is -0.462 e. The van der Waals surface area contributed by atoms with E-state index in [0.717, 1.165) is 6.04 Å². The molecule has 12 heteroatoms. The number of esters is 2. The van der Waals surface area contributed by atoms with Gasteiger partial charge in [-0.1, -0.05) is 19.6 Å². The van der Waals surface area contributed by atoms with Crippen molar-refractivity contribution >= 4 is 20.0 Å². The average Bonchev–Trinajstić information content (AvgIpc) is 3.38. The van der Waals surface area contributed by atoms with Crippen LogP contribution in [0.2, 0.25) is 25.7 Å². The minimum atomic E-state index is -1.12. The second-order valence-electron chi connectivity index (χ2n) is 7.60. The highest BCUT2D eigenvalue weighted by atomic mass is 28.3. The molecule has 0 unspecified atom stereocenters. The molecule has 0 atom stereocenters. The Labute approximate surface area is 187 Å². The van der Waals surface area contributed by atoms with Gasteiger partial charge in [-0.15, -0.1) is 0 Å².